The van der Waals surface area contributed by atoms with Crippen molar-refractivity contribution in [2.45, 2.75) is 32.4 Å². The Hall–Kier alpha value is -3.67. The van der Waals surface area contributed by atoms with Gasteiger partial charge in [-0.3, -0.25) is 4.79 Å². The van der Waals surface area contributed by atoms with Crippen molar-refractivity contribution in [2.75, 3.05) is 0 Å². The fourth-order valence-electron chi connectivity index (χ4n) is 3.42. The smallest absolute Gasteiger partial charge is 0.293 e. The number of aromatic nitrogens is 4. The lowest BCUT2D eigenvalue weighted by Crippen LogP contribution is -2.26. The van der Waals surface area contributed by atoms with E-state index in [1.54, 1.807) is 21.5 Å². The molecule has 0 aliphatic rings. The summed E-state index contributed by atoms with van der Waals surface area (Å²) in [5.74, 6) is 0.331. The number of hydrogen-bond acceptors (Lipinski definition) is 4. The second-order valence-corrected chi connectivity index (χ2v) is 7.09. The van der Waals surface area contributed by atoms with Crippen molar-refractivity contribution in [1.29, 1.82) is 0 Å². The van der Waals surface area contributed by atoms with E-state index in [0.29, 0.717) is 12.4 Å². The molecule has 6 nitrogen and oxygen atoms in total. The lowest BCUT2D eigenvalue weighted by atomic mass is 10.1. The van der Waals surface area contributed by atoms with Crippen LogP contribution in [0.25, 0.3) is 5.69 Å². The fourth-order valence-corrected chi connectivity index (χ4v) is 3.42. The Bertz CT molecular complexity index is 1140. The molecule has 30 heavy (non-hydrogen) atoms. The number of pyridine rings is 1. The molecular formula is C24H24N4O2. The molecule has 152 valence electrons. The van der Waals surface area contributed by atoms with E-state index < -0.39 is 0 Å². The highest BCUT2D eigenvalue weighted by Gasteiger charge is 2.20. The zero-order chi connectivity index (χ0) is 20.8. The number of benzene rings is 2. The fraction of sp³-hybridized carbons (Fsp3) is 0.208. The first-order chi connectivity index (χ1) is 14.8. The van der Waals surface area contributed by atoms with Crippen molar-refractivity contribution in [3.8, 4) is 11.4 Å². The van der Waals surface area contributed by atoms with Crippen LogP contribution in [0.15, 0.2) is 90.0 Å². The molecular weight excluding hydrogens is 376 g/mol. The third kappa shape index (κ3) is 4.33. The minimum absolute atomic E-state index is 0.166. The molecule has 4 rings (SSSR count). The van der Waals surface area contributed by atoms with Crippen LogP contribution in [0.5, 0.6) is 5.75 Å². The third-order valence-electron chi connectivity index (χ3n) is 4.95. The molecule has 2 aromatic carbocycles. The summed E-state index contributed by atoms with van der Waals surface area (Å²) in [5.41, 5.74) is 2.53. The quantitative estimate of drug-likeness (QED) is 0.440. The average Bonchev–Trinajstić information content (AvgIpc) is 3.28. The van der Waals surface area contributed by atoms with Gasteiger partial charge in [-0.15, -0.1) is 5.10 Å². The zero-order valence-electron chi connectivity index (χ0n) is 16.9. The van der Waals surface area contributed by atoms with Crippen LogP contribution in [0.4, 0.5) is 0 Å². The molecule has 0 radical (unpaired) electrons. The van der Waals surface area contributed by atoms with Gasteiger partial charge in [-0.1, -0.05) is 67.1 Å². The maximum Gasteiger partial charge on any atom is 0.293 e. The van der Waals surface area contributed by atoms with Crippen LogP contribution in [0.3, 0.4) is 0 Å². The van der Waals surface area contributed by atoms with Gasteiger partial charge >= 0.3 is 0 Å². The van der Waals surface area contributed by atoms with Crippen LogP contribution in [-0.2, 0) is 6.61 Å². The maximum absolute atomic E-state index is 13.1. The Morgan fingerprint density at radius 1 is 0.967 bits per heavy atom. The largest absolute Gasteiger partial charge is 0.483 e. The van der Waals surface area contributed by atoms with Gasteiger partial charge in [0.15, 0.2) is 5.75 Å². The van der Waals surface area contributed by atoms with Crippen LogP contribution in [0, 0.1) is 0 Å². The Kier molecular flexibility index (Phi) is 6.03. The first kappa shape index (κ1) is 19.6. The summed E-state index contributed by atoms with van der Waals surface area (Å²) >= 11 is 0. The highest BCUT2D eigenvalue weighted by molar-refractivity contribution is 5.30. The molecule has 0 fully saturated rings. The molecule has 0 saturated carbocycles. The lowest BCUT2D eigenvalue weighted by molar-refractivity contribution is 0.297. The summed E-state index contributed by atoms with van der Waals surface area (Å²) in [6.45, 7) is 2.44. The number of para-hydroxylation sites is 1. The van der Waals surface area contributed by atoms with Gasteiger partial charge in [0.25, 0.3) is 5.56 Å². The van der Waals surface area contributed by atoms with E-state index in [1.807, 2.05) is 72.9 Å². The monoisotopic (exact) mass is 400 g/mol. The van der Waals surface area contributed by atoms with Crippen LogP contribution < -0.4 is 10.3 Å². The number of hydrogen-bond donors (Lipinski definition) is 0. The molecule has 4 aromatic rings. The molecule has 0 aliphatic carbocycles. The topological polar surface area (TPSA) is 61.9 Å². The first-order valence-corrected chi connectivity index (χ1v) is 10.1. The Labute approximate surface area is 175 Å². The molecule has 2 heterocycles. The van der Waals surface area contributed by atoms with E-state index in [4.69, 9.17) is 4.74 Å². The molecule has 1 unspecified atom stereocenters. The van der Waals surface area contributed by atoms with Crippen LogP contribution in [-0.4, -0.2) is 19.6 Å². The highest BCUT2D eigenvalue weighted by atomic mass is 16.5. The van der Waals surface area contributed by atoms with Gasteiger partial charge < -0.3 is 9.30 Å². The van der Waals surface area contributed by atoms with Crippen molar-refractivity contribution in [1.82, 2.24) is 19.6 Å². The van der Waals surface area contributed by atoms with E-state index in [2.05, 4.69) is 17.2 Å². The van der Waals surface area contributed by atoms with Crippen molar-refractivity contribution in [2.24, 2.45) is 0 Å². The van der Waals surface area contributed by atoms with E-state index in [1.165, 1.54) is 0 Å². The van der Waals surface area contributed by atoms with Gasteiger partial charge in [0, 0.05) is 6.20 Å². The summed E-state index contributed by atoms with van der Waals surface area (Å²) < 4.78 is 9.26. The van der Waals surface area contributed by atoms with Crippen molar-refractivity contribution in [3.05, 3.63) is 107 Å². The summed E-state index contributed by atoms with van der Waals surface area (Å²) in [5, 5.41) is 8.63. The number of nitrogens with zero attached hydrogens (tertiary/aromatic N) is 4. The van der Waals surface area contributed by atoms with Gasteiger partial charge in [0.2, 0.25) is 0 Å². The summed E-state index contributed by atoms with van der Waals surface area (Å²) in [4.78, 5) is 13.1. The Balaban J connectivity index is 1.62. The predicted octanol–water partition coefficient (Wildman–Crippen LogP) is 4.40. The van der Waals surface area contributed by atoms with Gasteiger partial charge in [-0.25, -0.2) is 4.68 Å². The van der Waals surface area contributed by atoms with Crippen LogP contribution in [0.1, 0.15) is 37.1 Å². The highest BCUT2D eigenvalue weighted by Crippen LogP contribution is 2.22. The van der Waals surface area contributed by atoms with Crippen LogP contribution in [0.2, 0.25) is 0 Å². The molecule has 0 aliphatic heterocycles. The second-order valence-electron chi connectivity index (χ2n) is 7.09. The SMILES string of the molecule is CCCC(c1cn(-c2ccccc2)nn1)n1cccc(OCc2ccccc2)c1=O. The molecule has 2 aromatic heterocycles. The number of rotatable bonds is 8. The minimum atomic E-state index is -0.208. The predicted molar refractivity (Wildman–Crippen MR) is 116 cm³/mol. The zero-order valence-corrected chi connectivity index (χ0v) is 16.9. The Morgan fingerprint density at radius 2 is 1.70 bits per heavy atom. The maximum atomic E-state index is 13.1. The van der Waals surface area contributed by atoms with Crippen LogP contribution >= 0.6 is 0 Å². The van der Waals surface area contributed by atoms with E-state index in [9.17, 15) is 4.79 Å². The van der Waals surface area contributed by atoms with Gasteiger partial charge in [0.1, 0.15) is 12.3 Å². The van der Waals surface area contributed by atoms with Crippen molar-refractivity contribution >= 4 is 0 Å². The van der Waals surface area contributed by atoms with E-state index >= 15 is 0 Å². The summed E-state index contributed by atoms with van der Waals surface area (Å²) in [6, 6.07) is 23.0. The first-order valence-electron chi connectivity index (χ1n) is 10.1. The molecule has 0 N–H and O–H groups in total. The summed E-state index contributed by atoms with van der Waals surface area (Å²) in [6.07, 6.45) is 5.36. The van der Waals surface area contributed by atoms with Gasteiger partial charge in [0.05, 0.1) is 17.9 Å². The lowest BCUT2D eigenvalue weighted by Gasteiger charge is -2.18. The van der Waals surface area contributed by atoms with E-state index in [-0.39, 0.29) is 11.6 Å². The molecule has 1 atom stereocenters. The normalized spacial score (nSPS) is 11.9. The molecule has 0 bridgehead atoms. The van der Waals surface area contributed by atoms with Gasteiger partial charge in [-0.05, 0) is 36.2 Å². The second kappa shape index (κ2) is 9.22. The molecule has 0 amide bonds. The summed E-state index contributed by atoms with van der Waals surface area (Å²) in [7, 11) is 0. The Morgan fingerprint density at radius 3 is 2.43 bits per heavy atom. The number of ether oxygens (including phenoxy) is 1. The molecule has 6 heteroatoms. The van der Waals surface area contributed by atoms with Crippen molar-refractivity contribution in [3.63, 3.8) is 0 Å². The van der Waals surface area contributed by atoms with Crippen molar-refractivity contribution < 1.29 is 4.74 Å². The van der Waals surface area contributed by atoms with E-state index in [0.717, 1.165) is 29.8 Å². The third-order valence-corrected chi connectivity index (χ3v) is 4.95. The molecule has 0 saturated heterocycles. The average molecular weight is 400 g/mol. The standard InChI is InChI=1S/C24H24N4O2/c1-2-10-22(21-17-28(26-25-21)20-13-7-4-8-14-20)27-16-9-15-23(24(27)29)30-18-19-11-5-3-6-12-19/h3-9,11-17,22H,2,10,18H2,1H3. The minimum Gasteiger partial charge on any atom is -0.483 e. The van der Waals surface area contributed by atoms with Gasteiger partial charge in [-0.2, -0.15) is 0 Å². The molecule has 0 spiro atoms.